The molecule has 1 aliphatic rings. The van der Waals surface area contributed by atoms with E-state index in [0.29, 0.717) is 12.5 Å². The summed E-state index contributed by atoms with van der Waals surface area (Å²) in [5, 5.41) is 12.6. The topological polar surface area (TPSA) is 32.3 Å². The molecule has 0 bridgehead atoms. The molecule has 0 radical (unpaired) electrons. The van der Waals surface area contributed by atoms with Gasteiger partial charge in [-0.2, -0.15) is 0 Å². The maximum Gasteiger partial charge on any atom is 0.159 e. The molecule has 1 aromatic rings. The highest BCUT2D eigenvalue weighted by Crippen LogP contribution is 2.24. The number of rotatable bonds is 4. The Balaban J connectivity index is 1.76. The summed E-state index contributed by atoms with van der Waals surface area (Å²) in [7, 11) is 0. The minimum absolute atomic E-state index is 0.162. The minimum atomic E-state index is -0.812. The van der Waals surface area contributed by atoms with Crippen molar-refractivity contribution in [2.45, 2.75) is 31.9 Å². The van der Waals surface area contributed by atoms with Gasteiger partial charge in [-0.05, 0) is 49.4 Å². The van der Waals surface area contributed by atoms with Crippen LogP contribution in [-0.4, -0.2) is 17.8 Å². The summed E-state index contributed by atoms with van der Waals surface area (Å²) >= 11 is 0. The van der Waals surface area contributed by atoms with Crippen molar-refractivity contribution in [2.75, 3.05) is 6.54 Å². The maximum atomic E-state index is 12.9. The number of aliphatic hydroxyl groups is 1. The van der Waals surface area contributed by atoms with E-state index in [0.717, 1.165) is 37.4 Å². The van der Waals surface area contributed by atoms with Gasteiger partial charge in [0.15, 0.2) is 11.6 Å². The molecule has 1 fully saturated rings. The molecule has 0 saturated heterocycles. The second-order valence-electron chi connectivity index (χ2n) is 4.71. The first kappa shape index (κ1) is 12.5. The van der Waals surface area contributed by atoms with E-state index in [1.54, 1.807) is 6.07 Å². The summed E-state index contributed by atoms with van der Waals surface area (Å²) < 4.78 is 25.6. The third-order valence-corrected chi connectivity index (χ3v) is 3.26. The predicted molar refractivity (Wildman–Crippen MR) is 61.4 cm³/mol. The highest BCUT2D eigenvalue weighted by Gasteiger charge is 2.21. The standard InChI is InChI=1S/C13H17F2NO/c14-12-4-2-10(6-13(12)15)8-16-7-9-1-3-11(17)5-9/h2,4,6,9,11,16-17H,1,3,5,7-8H2. The van der Waals surface area contributed by atoms with Gasteiger partial charge in [0, 0.05) is 6.54 Å². The normalized spacial score (nSPS) is 24.2. The van der Waals surface area contributed by atoms with Crippen molar-refractivity contribution < 1.29 is 13.9 Å². The fourth-order valence-electron chi connectivity index (χ4n) is 2.30. The SMILES string of the molecule is OC1CCC(CNCc2ccc(F)c(F)c2)C1. The third kappa shape index (κ3) is 3.48. The fourth-order valence-corrected chi connectivity index (χ4v) is 2.30. The van der Waals surface area contributed by atoms with Crippen LogP contribution in [0.15, 0.2) is 18.2 Å². The molecule has 2 rings (SSSR count). The van der Waals surface area contributed by atoms with Crippen LogP contribution < -0.4 is 5.32 Å². The van der Waals surface area contributed by atoms with Crippen molar-refractivity contribution >= 4 is 0 Å². The first-order chi connectivity index (χ1) is 8.15. The van der Waals surface area contributed by atoms with E-state index in [1.807, 2.05) is 0 Å². The van der Waals surface area contributed by atoms with Crippen LogP contribution in [0.5, 0.6) is 0 Å². The van der Waals surface area contributed by atoms with Crippen molar-refractivity contribution in [3.63, 3.8) is 0 Å². The van der Waals surface area contributed by atoms with Gasteiger partial charge in [0.1, 0.15) is 0 Å². The summed E-state index contributed by atoms with van der Waals surface area (Å²) in [6.07, 6.45) is 2.58. The smallest absolute Gasteiger partial charge is 0.159 e. The molecule has 0 spiro atoms. The van der Waals surface area contributed by atoms with Gasteiger partial charge in [0.2, 0.25) is 0 Å². The quantitative estimate of drug-likeness (QED) is 0.847. The van der Waals surface area contributed by atoms with Crippen molar-refractivity contribution in [1.29, 1.82) is 0 Å². The molecule has 1 saturated carbocycles. The predicted octanol–water partition coefficient (Wildman–Crippen LogP) is 2.22. The summed E-state index contributed by atoms with van der Waals surface area (Å²) in [5.41, 5.74) is 0.738. The Morgan fingerprint density at radius 3 is 2.71 bits per heavy atom. The Kier molecular flexibility index (Phi) is 4.07. The van der Waals surface area contributed by atoms with Crippen LogP contribution in [0.1, 0.15) is 24.8 Å². The van der Waals surface area contributed by atoms with E-state index in [-0.39, 0.29) is 6.10 Å². The van der Waals surface area contributed by atoms with Crippen LogP contribution in [-0.2, 0) is 6.54 Å². The van der Waals surface area contributed by atoms with Gasteiger partial charge in [-0.25, -0.2) is 8.78 Å². The molecule has 17 heavy (non-hydrogen) atoms. The van der Waals surface area contributed by atoms with Crippen molar-refractivity contribution in [3.8, 4) is 0 Å². The zero-order valence-electron chi connectivity index (χ0n) is 9.63. The first-order valence-electron chi connectivity index (χ1n) is 5.98. The molecule has 1 aliphatic carbocycles. The monoisotopic (exact) mass is 241 g/mol. The first-order valence-corrected chi connectivity index (χ1v) is 5.98. The van der Waals surface area contributed by atoms with Gasteiger partial charge in [-0.1, -0.05) is 6.07 Å². The molecule has 1 aromatic carbocycles. The van der Waals surface area contributed by atoms with Crippen LogP contribution in [0.25, 0.3) is 0 Å². The van der Waals surface area contributed by atoms with Gasteiger partial charge in [-0.15, -0.1) is 0 Å². The molecule has 0 aliphatic heterocycles. The zero-order valence-corrected chi connectivity index (χ0v) is 9.63. The molecule has 0 heterocycles. The lowest BCUT2D eigenvalue weighted by molar-refractivity contribution is 0.177. The minimum Gasteiger partial charge on any atom is -0.393 e. The second-order valence-corrected chi connectivity index (χ2v) is 4.71. The Morgan fingerprint density at radius 2 is 2.06 bits per heavy atom. The van der Waals surface area contributed by atoms with Crippen LogP contribution >= 0.6 is 0 Å². The molecule has 0 amide bonds. The molecule has 0 aromatic heterocycles. The number of hydrogen-bond acceptors (Lipinski definition) is 2. The lowest BCUT2D eigenvalue weighted by Gasteiger charge is -2.10. The number of halogens is 2. The van der Waals surface area contributed by atoms with Gasteiger partial charge in [-0.3, -0.25) is 0 Å². The van der Waals surface area contributed by atoms with E-state index >= 15 is 0 Å². The average molecular weight is 241 g/mol. The van der Waals surface area contributed by atoms with E-state index < -0.39 is 11.6 Å². The van der Waals surface area contributed by atoms with Crippen molar-refractivity contribution in [1.82, 2.24) is 5.32 Å². The lowest BCUT2D eigenvalue weighted by Crippen LogP contribution is -2.21. The number of aliphatic hydroxyl groups excluding tert-OH is 1. The lowest BCUT2D eigenvalue weighted by atomic mass is 10.1. The molecular formula is C13H17F2NO. The number of nitrogens with one attached hydrogen (secondary N) is 1. The van der Waals surface area contributed by atoms with Gasteiger partial charge in [0.05, 0.1) is 6.10 Å². The van der Waals surface area contributed by atoms with E-state index in [4.69, 9.17) is 0 Å². The van der Waals surface area contributed by atoms with E-state index in [1.165, 1.54) is 6.07 Å². The third-order valence-electron chi connectivity index (χ3n) is 3.26. The van der Waals surface area contributed by atoms with E-state index in [9.17, 15) is 13.9 Å². The van der Waals surface area contributed by atoms with Gasteiger partial charge in [0.25, 0.3) is 0 Å². The highest BCUT2D eigenvalue weighted by atomic mass is 19.2. The zero-order chi connectivity index (χ0) is 12.3. The summed E-state index contributed by atoms with van der Waals surface area (Å²) in [6.45, 7) is 1.35. The number of hydrogen-bond donors (Lipinski definition) is 2. The molecule has 2 unspecified atom stereocenters. The number of benzene rings is 1. The fraction of sp³-hybridized carbons (Fsp3) is 0.538. The molecule has 4 heteroatoms. The largest absolute Gasteiger partial charge is 0.393 e. The van der Waals surface area contributed by atoms with Crippen LogP contribution in [0.2, 0.25) is 0 Å². The molecule has 94 valence electrons. The average Bonchev–Trinajstić information content (AvgIpc) is 2.70. The second kappa shape index (κ2) is 5.56. The van der Waals surface area contributed by atoms with Crippen LogP contribution in [0.4, 0.5) is 8.78 Å². The van der Waals surface area contributed by atoms with Crippen molar-refractivity contribution in [2.24, 2.45) is 5.92 Å². The summed E-state index contributed by atoms with van der Waals surface area (Å²) in [5.74, 6) is -1.12. The Labute approximate surface area is 99.7 Å². The molecular weight excluding hydrogens is 224 g/mol. The van der Waals surface area contributed by atoms with Gasteiger partial charge < -0.3 is 10.4 Å². The Morgan fingerprint density at radius 1 is 1.24 bits per heavy atom. The Bertz CT molecular complexity index is 384. The van der Waals surface area contributed by atoms with Gasteiger partial charge >= 0.3 is 0 Å². The van der Waals surface area contributed by atoms with Crippen LogP contribution in [0, 0.1) is 17.6 Å². The summed E-state index contributed by atoms with van der Waals surface area (Å²) in [6, 6.07) is 3.94. The van der Waals surface area contributed by atoms with Crippen molar-refractivity contribution in [3.05, 3.63) is 35.4 Å². The summed E-state index contributed by atoms with van der Waals surface area (Å²) in [4.78, 5) is 0. The highest BCUT2D eigenvalue weighted by molar-refractivity contribution is 5.17. The molecule has 2 atom stereocenters. The van der Waals surface area contributed by atoms with E-state index in [2.05, 4.69) is 5.32 Å². The maximum absolute atomic E-state index is 12.9. The Hall–Kier alpha value is -1.00. The van der Waals surface area contributed by atoms with Crippen LogP contribution in [0.3, 0.4) is 0 Å². The molecule has 2 N–H and O–H groups in total. The molecule has 2 nitrogen and oxygen atoms in total.